The van der Waals surface area contributed by atoms with Gasteiger partial charge in [-0.05, 0) is 12.1 Å². The molecule has 16 heavy (non-hydrogen) atoms. The SMILES string of the molecule is OCc1c[nH]c2cccc(OCC3CO3)c12. The van der Waals surface area contributed by atoms with E-state index in [1.165, 1.54) is 0 Å². The van der Waals surface area contributed by atoms with Crippen molar-refractivity contribution in [3.63, 3.8) is 0 Å². The van der Waals surface area contributed by atoms with Gasteiger partial charge in [0, 0.05) is 22.7 Å². The van der Waals surface area contributed by atoms with Gasteiger partial charge in [-0.1, -0.05) is 6.07 Å². The molecule has 0 saturated carbocycles. The van der Waals surface area contributed by atoms with Crippen molar-refractivity contribution in [3.05, 3.63) is 30.0 Å². The Morgan fingerprint density at radius 2 is 2.38 bits per heavy atom. The van der Waals surface area contributed by atoms with Crippen LogP contribution in [0.4, 0.5) is 0 Å². The Balaban J connectivity index is 1.96. The number of hydrogen-bond acceptors (Lipinski definition) is 3. The number of fused-ring (bicyclic) bond motifs is 1. The summed E-state index contributed by atoms with van der Waals surface area (Å²) in [4.78, 5) is 3.11. The Bertz CT molecular complexity index is 502. The maximum atomic E-state index is 9.24. The molecular formula is C12H13NO3. The second-order valence-corrected chi connectivity index (χ2v) is 3.92. The lowest BCUT2D eigenvalue weighted by Crippen LogP contribution is -2.04. The minimum absolute atomic E-state index is 0.0142. The van der Waals surface area contributed by atoms with Crippen LogP contribution in [-0.2, 0) is 11.3 Å². The van der Waals surface area contributed by atoms with E-state index in [1.807, 2.05) is 24.4 Å². The second-order valence-electron chi connectivity index (χ2n) is 3.92. The fourth-order valence-corrected chi connectivity index (χ4v) is 1.81. The van der Waals surface area contributed by atoms with Gasteiger partial charge >= 0.3 is 0 Å². The molecule has 1 atom stereocenters. The first-order valence-corrected chi connectivity index (χ1v) is 5.32. The summed E-state index contributed by atoms with van der Waals surface area (Å²) in [5.74, 6) is 0.804. The van der Waals surface area contributed by atoms with E-state index in [0.717, 1.165) is 28.8 Å². The van der Waals surface area contributed by atoms with Crippen molar-refractivity contribution >= 4 is 10.9 Å². The summed E-state index contributed by atoms with van der Waals surface area (Å²) in [5, 5.41) is 10.2. The predicted molar refractivity (Wildman–Crippen MR) is 59.5 cm³/mol. The fourth-order valence-electron chi connectivity index (χ4n) is 1.81. The fraction of sp³-hybridized carbons (Fsp3) is 0.333. The van der Waals surface area contributed by atoms with Gasteiger partial charge in [0.1, 0.15) is 18.5 Å². The average Bonchev–Trinajstić information content (AvgIpc) is 3.04. The van der Waals surface area contributed by atoms with Gasteiger partial charge in [0.15, 0.2) is 0 Å². The van der Waals surface area contributed by atoms with Gasteiger partial charge in [0.2, 0.25) is 0 Å². The van der Waals surface area contributed by atoms with E-state index in [0.29, 0.717) is 6.61 Å². The molecule has 2 N–H and O–H groups in total. The summed E-state index contributed by atoms with van der Waals surface area (Å²) >= 11 is 0. The summed E-state index contributed by atoms with van der Waals surface area (Å²) in [6, 6.07) is 5.82. The van der Waals surface area contributed by atoms with Crippen molar-refractivity contribution in [3.8, 4) is 5.75 Å². The number of ether oxygens (including phenoxy) is 2. The molecule has 0 bridgehead atoms. The maximum absolute atomic E-state index is 9.24. The lowest BCUT2D eigenvalue weighted by Gasteiger charge is -2.06. The molecule has 1 unspecified atom stereocenters. The Morgan fingerprint density at radius 3 is 3.12 bits per heavy atom. The third kappa shape index (κ3) is 1.66. The highest BCUT2D eigenvalue weighted by molar-refractivity contribution is 5.89. The standard InChI is InChI=1S/C12H13NO3/c14-5-8-4-13-10-2-1-3-11(12(8)10)16-7-9-6-15-9/h1-4,9,13-14H,5-7H2. The van der Waals surface area contributed by atoms with Gasteiger partial charge in [-0.3, -0.25) is 0 Å². The van der Waals surface area contributed by atoms with Crippen LogP contribution in [0.5, 0.6) is 5.75 Å². The lowest BCUT2D eigenvalue weighted by molar-refractivity contribution is 0.263. The summed E-state index contributed by atoms with van der Waals surface area (Å²) in [7, 11) is 0. The van der Waals surface area contributed by atoms with E-state index in [9.17, 15) is 5.11 Å². The number of rotatable bonds is 4. The molecule has 1 aliphatic heterocycles. The number of aliphatic hydroxyl groups is 1. The molecule has 4 heteroatoms. The molecule has 4 nitrogen and oxygen atoms in total. The normalized spacial score (nSPS) is 18.9. The van der Waals surface area contributed by atoms with Crippen molar-refractivity contribution in [2.75, 3.05) is 13.2 Å². The molecule has 1 fully saturated rings. The topological polar surface area (TPSA) is 57.8 Å². The first-order valence-electron chi connectivity index (χ1n) is 5.32. The molecule has 0 spiro atoms. The van der Waals surface area contributed by atoms with Crippen molar-refractivity contribution in [1.82, 2.24) is 4.98 Å². The highest BCUT2D eigenvalue weighted by atomic mass is 16.6. The van der Waals surface area contributed by atoms with E-state index in [4.69, 9.17) is 9.47 Å². The molecular weight excluding hydrogens is 206 g/mol. The summed E-state index contributed by atoms with van der Waals surface area (Å²) < 4.78 is 10.8. The highest BCUT2D eigenvalue weighted by Crippen LogP contribution is 2.29. The highest BCUT2D eigenvalue weighted by Gasteiger charge is 2.23. The van der Waals surface area contributed by atoms with Crippen LogP contribution in [0.1, 0.15) is 5.56 Å². The zero-order valence-corrected chi connectivity index (χ0v) is 8.77. The molecule has 0 aliphatic carbocycles. The number of epoxide rings is 1. The average molecular weight is 219 g/mol. The summed E-state index contributed by atoms with van der Waals surface area (Å²) in [5.41, 5.74) is 1.85. The van der Waals surface area contributed by atoms with Crippen LogP contribution < -0.4 is 4.74 Å². The Morgan fingerprint density at radius 1 is 1.50 bits per heavy atom. The number of nitrogens with one attached hydrogen (secondary N) is 1. The molecule has 0 amide bonds. The summed E-state index contributed by atoms with van der Waals surface area (Å²) in [6.45, 7) is 1.38. The van der Waals surface area contributed by atoms with Crippen LogP contribution in [0.3, 0.4) is 0 Å². The molecule has 1 saturated heterocycles. The third-order valence-corrected chi connectivity index (χ3v) is 2.75. The van der Waals surface area contributed by atoms with Crippen LogP contribution in [0.2, 0.25) is 0 Å². The van der Waals surface area contributed by atoms with Gasteiger partial charge in [-0.15, -0.1) is 0 Å². The van der Waals surface area contributed by atoms with E-state index in [-0.39, 0.29) is 12.7 Å². The van der Waals surface area contributed by atoms with E-state index in [2.05, 4.69) is 4.98 Å². The van der Waals surface area contributed by atoms with Gasteiger partial charge in [-0.2, -0.15) is 0 Å². The number of aromatic amines is 1. The molecule has 0 radical (unpaired) electrons. The van der Waals surface area contributed by atoms with Gasteiger partial charge < -0.3 is 19.6 Å². The first kappa shape index (κ1) is 9.69. The second kappa shape index (κ2) is 3.81. The van der Waals surface area contributed by atoms with Gasteiger partial charge in [0.05, 0.1) is 13.2 Å². The van der Waals surface area contributed by atoms with Crippen molar-refractivity contribution in [2.24, 2.45) is 0 Å². The molecule has 3 rings (SSSR count). The summed E-state index contributed by atoms with van der Waals surface area (Å²) in [6.07, 6.45) is 2.05. The van der Waals surface area contributed by atoms with Crippen LogP contribution >= 0.6 is 0 Å². The largest absolute Gasteiger partial charge is 0.490 e. The Labute approximate surface area is 92.8 Å². The molecule has 84 valence electrons. The number of H-pyrrole nitrogens is 1. The molecule has 2 aromatic rings. The first-order chi connectivity index (χ1) is 7.88. The van der Waals surface area contributed by atoms with E-state index >= 15 is 0 Å². The van der Waals surface area contributed by atoms with E-state index < -0.39 is 0 Å². The Kier molecular flexibility index (Phi) is 2.31. The number of hydrogen-bond donors (Lipinski definition) is 2. The third-order valence-electron chi connectivity index (χ3n) is 2.75. The van der Waals surface area contributed by atoms with Crippen LogP contribution in [-0.4, -0.2) is 29.4 Å². The number of aromatic nitrogens is 1. The Hall–Kier alpha value is -1.52. The van der Waals surface area contributed by atoms with Gasteiger partial charge in [-0.25, -0.2) is 0 Å². The zero-order valence-electron chi connectivity index (χ0n) is 8.77. The molecule has 2 heterocycles. The monoisotopic (exact) mass is 219 g/mol. The minimum atomic E-state index is 0.0142. The maximum Gasteiger partial charge on any atom is 0.129 e. The minimum Gasteiger partial charge on any atom is -0.490 e. The van der Waals surface area contributed by atoms with Crippen LogP contribution in [0.25, 0.3) is 10.9 Å². The quantitative estimate of drug-likeness (QED) is 0.765. The van der Waals surface area contributed by atoms with Crippen molar-refractivity contribution < 1.29 is 14.6 Å². The smallest absolute Gasteiger partial charge is 0.129 e. The number of benzene rings is 1. The van der Waals surface area contributed by atoms with Gasteiger partial charge in [0.25, 0.3) is 0 Å². The van der Waals surface area contributed by atoms with Crippen LogP contribution in [0.15, 0.2) is 24.4 Å². The number of aliphatic hydroxyl groups excluding tert-OH is 1. The van der Waals surface area contributed by atoms with Crippen molar-refractivity contribution in [2.45, 2.75) is 12.7 Å². The van der Waals surface area contributed by atoms with Crippen molar-refractivity contribution in [1.29, 1.82) is 0 Å². The molecule has 1 aromatic carbocycles. The van der Waals surface area contributed by atoms with Crippen LogP contribution in [0, 0.1) is 0 Å². The molecule has 1 aliphatic rings. The zero-order chi connectivity index (χ0) is 11.0. The molecule has 1 aromatic heterocycles. The predicted octanol–water partition coefficient (Wildman–Crippen LogP) is 1.44. The lowest BCUT2D eigenvalue weighted by atomic mass is 10.1. The van der Waals surface area contributed by atoms with E-state index in [1.54, 1.807) is 0 Å².